The predicted molar refractivity (Wildman–Crippen MR) is 88.5 cm³/mol. The van der Waals surface area contributed by atoms with Crippen molar-refractivity contribution in [1.29, 1.82) is 0 Å². The Labute approximate surface area is 148 Å². The number of ether oxygens (including phenoxy) is 1. The molecule has 0 amide bonds. The van der Waals surface area contributed by atoms with Crippen LogP contribution in [-0.4, -0.2) is 59.5 Å². The lowest BCUT2D eigenvalue weighted by Crippen LogP contribution is -2.38. The Morgan fingerprint density at radius 2 is 2.00 bits per heavy atom. The fourth-order valence-corrected chi connectivity index (χ4v) is 3.64. The maximum atomic E-state index is 11.9. The zero-order valence-electron chi connectivity index (χ0n) is 14.5. The first-order valence-electron chi connectivity index (χ1n) is 7.88. The van der Waals surface area contributed by atoms with Gasteiger partial charge < -0.3 is 29.5 Å². The van der Waals surface area contributed by atoms with Crippen LogP contribution in [0.2, 0.25) is 0 Å². The molecular formula is C14H23N2O9P. The molecule has 0 saturated carbocycles. The van der Waals surface area contributed by atoms with Crippen molar-refractivity contribution in [2.75, 3.05) is 0 Å². The van der Waals surface area contributed by atoms with Crippen molar-refractivity contribution in [3.8, 4) is 0 Å². The summed E-state index contributed by atoms with van der Waals surface area (Å²) in [6.45, 7) is 4.03. The van der Waals surface area contributed by atoms with Gasteiger partial charge in [-0.05, 0) is 20.8 Å². The Balaban J connectivity index is 2.18. The van der Waals surface area contributed by atoms with Gasteiger partial charge >= 0.3 is 13.3 Å². The summed E-state index contributed by atoms with van der Waals surface area (Å²) >= 11 is 0. The van der Waals surface area contributed by atoms with Crippen molar-refractivity contribution in [2.24, 2.45) is 0 Å². The molecule has 148 valence electrons. The third-order valence-electron chi connectivity index (χ3n) is 4.01. The molecule has 12 heteroatoms. The second kappa shape index (κ2) is 7.35. The van der Waals surface area contributed by atoms with Crippen molar-refractivity contribution < 1.29 is 34.0 Å². The lowest BCUT2D eigenvalue weighted by Gasteiger charge is -2.31. The molecule has 0 spiro atoms. The Hall–Kier alpha value is -1.33. The Morgan fingerprint density at radius 1 is 1.38 bits per heavy atom. The summed E-state index contributed by atoms with van der Waals surface area (Å²) in [5.74, 6) is -1.60. The summed E-state index contributed by atoms with van der Waals surface area (Å²) in [7, 11) is -4.30. The van der Waals surface area contributed by atoms with Crippen LogP contribution < -0.4 is 11.2 Å². The van der Waals surface area contributed by atoms with E-state index >= 15 is 0 Å². The zero-order chi connectivity index (χ0) is 19.9. The minimum atomic E-state index is -4.30. The summed E-state index contributed by atoms with van der Waals surface area (Å²) < 4.78 is 23.4. The van der Waals surface area contributed by atoms with Gasteiger partial charge in [-0.1, -0.05) is 0 Å². The molecular weight excluding hydrogens is 371 g/mol. The van der Waals surface area contributed by atoms with Gasteiger partial charge in [-0.2, -0.15) is 0 Å². The van der Waals surface area contributed by atoms with Gasteiger partial charge in [-0.15, -0.1) is 0 Å². The van der Waals surface area contributed by atoms with E-state index in [4.69, 9.17) is 9.26 Å². The molecule has 1 aromatic rings. The van der Waals surface area contributed by atoms with Crippen LogP contribution in [0.25, 0.3) is 0 Å². The van der Waals surface area contributed by atoms with E-state index in [1.807, 2.05) is 4.98 Å². The van der Waals surface area contributed by atoms with E-state index in [2.05, 4.69) is 0 Å². The first-order valence-corrected chi connectivity index (χ1v) is 9.53. The van der Waals surface area contributed by atoms with Crippen LogP contribution in [0.1, 0.15) is 33.4 Å². The van der Waals surface area contributed by atoms with Gasteiger partial charge in [0.05, 0.1) is 11.7 Å². The lowest BCUT2D eigenvalue weighted by molar-refractivity contribution is -0.0645. The van der Waals surface area contributed by atoms with Crippen molar-refractivity contribution in [1.82, 2.24) is 9.55 Å². The third-order valence-corrected chi connectivity index (χ3v) is 5.71. The van der Waals surface area contributed by atoms with Crippen LogP contribution in [-0.2, 0) is 13.8 Å². The van der Waals surface area contributed by atoms with Crippen molar-refractivity contribution in [3.05, 3.63) is 33.1 Å². The monoisotopic (exact) mass is 394 g/mol. The maximum Gasteiger partial charge on any atom is 0.356 e. The molecule has 0 aromatic carbocycles. The van der Waals surface area contributed by atoms with Gasteiger partial charge in [0.15, 0.2) is 12.1 Å². The summed E-state index contributed by atoms with van der Waals surface area (Å²) in [5, 5.41) is 29.7. The molecule has 26 heavy (non-hydrogen) atoms. The number of aromatic nitrogens is 2. The molecule has 2 heterocycles. The lowest BCUT2D eigenvalue weighted by atomic mass is 9.97. The van der Waals surface area contributed by atoms with E-state index < -0.39 is 54.8 Å². The molecule has 0 bridgehead atoms. The molecule has 1 saturated heterocycles. The van der Waals surface area contributed by atoms with Crippen LogP contribution in [0.5, 0.6) is 0 Å². The number of H-pyrrole nitrogens is 1. The maximum absolute atomic E-state index is 11.9. The highest BCUT2D eigenvalue weighted by Crippen LogP contribution is 2.51. The van der Waals surface area contributed by atoms with E-state index in [-0.39, 0.29) is 6.42 Å². The Morgan fingerprint density at radius 3 is 2.54 bits per heavy atom. The number of hydrogen-bond acceptors (Lipinski definition) is 8. The molecule has 11 nitrogen and oxygen atoms in total. The van der Waals surface area contributed by atoms with Gasteiger partial charge in [-0.25, -0.2) is 4.79 Å². The van der Waals surface area contributed by atoms with Gasteiger partial charge in [0.1, 0.15) is 12.2 Å². The van der Waals surface area contributed by atoms with Crippen molar-refractivity contribution >= 4 is 7.60 Å². The average molecular weight is 394 g/mol. The van der Waals surface area contributed by atoms with Gasteiger partial charge in [0, 0.05) is 18.7 Å². The predicted octanol–water partition coefficient (Wildman–Crippen LogP) is -1.14. The van der Waals surface area contributed by atoms with Gasteiger partial charge in [0.25, 0.3) is 5.56 Å². The number of rotatable bonds is 6. The minimum Gasteiger partial charge on any atom is -0.388 e. The summed E-state index contributed by atoms with van der Waals surface area (Å²) in [5.41, 5.74) is -2.74. The molecule has 2 rings (SSSR count). The van der Waals surface area contributed by atoms with Crippen molar-refractivity contribution in [2.45, 2.75) is 63.2 Å². The summed E-state index contributed by atoms with van der Waals surface area (Å²) in [6, 6.07) is 1.06. The normalized spacial score (nSPS) is 30.1. The smallest absolute Gasteiger partial charge is 0.356 e. The van der Waals surface area contributed by atoms with Gasteiger partial charge in [-0.3, -0.25) is 18.9 Å². The van der Waals surface area contributed by atoms with Crippen LogP contribution in [0.15, 0.2) is 21.9 Å². The van der Waals surface area contributed by atoms with Crippen LogP contribution in [0, 0.1) is 0 Å². The molecule has 1 aromatic heterocycles. The number of hydrogen-bond donors (Lipinski definition) is 5. The first-order chi connectivity index (χ1) is 11.8. The number of aliphatic hydroxyl groups excluding tert-OH is 3. The van der Waals surface area contributed by atoms with Crippen LogP contribution in [0.4, 0.5) is 0 Å². The highest BCUT2D eigenvalue weighted by molar-refractivity contribution is 7.53. The topological polar surface area (TPSA) is 171 Å². The number of nitrogens with zero attached hydrogens (tertiary/aromatic N) is 1. The van der Waals surface area contributed by atoms with E-state index in [0.717, 1.165) is 23.8 Å². The molecule has 0 radical (unpaired) electrons. The quantitative estimate of drug-likeness (QED) is 0.374. The van der Waals surface area contributed by atoms with Gasteiger partial charge in [0.2, 0.25) is 0 Å². The molecule has 5 N–H and O–H groups in total. The summed E-state index contributed by atoms with van der Waals surface area (Å²) in [6.07, 6.45) is -4.16. The first kappa shape index (κ1) is 21.0. The van der Waals surface area contributed by atoms with E-state index in [9.17, 15) is 34.4 Å². The molecule has 1 aliphatic rings. The van der Waals surface area contributed by atoms with Crippen LogP contribution >= 0.6 is 7.60 Å². The average Bonchev–Trinajstić information content (AvgIpc) is 2.74. The molecule has 1 fully saturated rings. The standard InChI is InChI=1S/C14H23N2O9P/c1-7(17)26(22,23)25-14(2,3)6-8-10(19)11(20)12(24-8)16-5-4-9(18)15-13(16)21/h4-5,7-8,10-12,17,19-20H,6H2,1-3H3,(H,22,23)(H,15,18,21)/t7?,8?,10-,11-,12-/m1/s1. The van der Waals surface area contributed by atoms with Crippen LogP contribution in [0.3, 0.4) is 0 Å². The number of aliphatic hydroxyl groups is 3. The second-order valence-electron chi connectivity index (χ2n) is 6.81. The molecule has 1 aliphatic heterocycles. The largest absolute Gasteiger partial charge is 0.388 e. The van der Waals surface area contributed by atoms with E-state index in [1.165, 1.54) is 13.8 Å². The fraction of sp³-hybridized carbons (Fsp3) is 0.714. The second-order valence-corrected chi connectivity index (χ2v) is 8.87. The highest BCUT2D eigenvalue weighted by atomic mass is 31.2. The SMILES string of the molecule is CC(O)P(=O)(O)OC(C)(C)CC1O[C@@H](n2ccc(=O)[nH]c2=O)[C@H](O)[C@@H]1O. The Kier molecular flexibility index (Phi) is 5.93. The molecule has 0 aliphatic carbocycles. The third kappa shape index (κ3) is 4.49. The number of nitrogens with one attached hydrogen (secondary N) is 1. The highest BCUT2D eigenvalue weighted by Gasteiger charge is 2.47. The van der Waals surface area contributed by atoms with E-state index in [0.29, 0.717) is 0 Å². The number of aromatic amines is 1. The zero-order valence-corrected chi connectivity index (χ0v) is 15.4. The molecule has 6 atom stereocenters. The summed E-state index contributed by atoms with van der Waals surface area (Å²) in [4.78, 5) is 34.7. The van der Waals surface area contributed by atoms with Crippen molar-refractivity contribution in [3.63, 3.8) is 0 Å². The Bertz CT molecular complexity index is 802. The molecule has 3 unspecified atom stereocenters. The minimum absolute atomic E-state index is 0.114. The fourth-order valence-electron chi connectivity index (χ4n) is 2.71. The van der Waals surface area contributed by atoms with E-state index in [1.54, 1.807) is 0 Å².